The number of amides is 2. The number of carbonyl (C=O) groups excluding carboxylic acids is 2. The molecule has 0 saturated carbocycles. The van der Waals surface area contributed by atoms with E-state index < -0.39 is 28.9 Å². The molecule has 0 spiro atoms. The summed E-state index contributed by atoms with van der Waals surface area (Å²) < 4.78 is 0. The van der Waals surface area contributed by atoms with Crippen molar-refractivity contribution in [2.75, 3.05) is 9.96 Å². The van der Waals surface area contributed by atoms with Crippen LogP contribution in [0.1, 0.15) is 10.9 Å². The van der Waals surface area contributed by atoms with Crippen LogP contribution in [0.3, 0.4) is 0 Å². The summed E-state index contributed by atoms with van der Waals surface area (Å²) in [5.41, 5.74) is 2.01. The minimum absolute atomic E-state index is 0.0140. The van der Waals surface area contributed by atoms with E-state index in [4.69, 9.17) is 16.4 Å². The first-order valence-electron chi connectivity index (χ1n) is 11.4. The molecule has 0 N–H and O–H groups in total. The normalized spacial score (nSPS) is 20.9. The summed E-state index contributed by atoms with van der Waals surface area (Å²) in [5, 5.41) is 13.2. The van der Waals surface area contributed by atoms with Crippen LogP contribution in [0.4, 0.5) is 17.1 Å². The molecule has 2 saturated heterocycles. The molecule has 184 valence electrons. The summed E-state index contributed by atoms with van der Waals surface area (Å²) >= 11 is 7.46. The van der Waals surface area contributed by atoms with Gasteiger partial charge in [0.2, 0.25) is 5.91 Å². The number of hydrogen-bond acceptors (Lipinski definition) is 7. The van der Waals surface area contributed by atoms with E-state index in [1.54, 1.807) is 41.5 Å². The van der Waals surface area contributed by atoms with Gasteiger partial charge >= 0.3 is 0 Å². The molecule has 0 aliphatic carbocycles. The van der Waals surface area contributed by atoms with Crippen molar-refractivity contribution >= 4 is 51.8 Å². The van der Waals surface area contributed by atoms with E-state index >= 15 is 0 Å². The van der Waals surface area contributed by atoms with Gasteiger partial charge in [-0.25, -0.2) is 9.96 Å². The van der Waals surface area contributed by atoms with Crippen molar-refractivity contribution in [3.63, 3.8) is 0 Å². The zero-order valence-corrected chi connectivity index (χ0v) is 20.6. The lowest BCUT2D eigenvalue weighted by atomic mass is 9.95. The maximum absolute atomic E-state index is 13.7. The van der Waals surface area contributed by atoms with Gasteiger partial charge in [0.15, 0.2) is 6.10 Å². The SMILES string of the molecule is O=C1[C@H]2[C@@H](c3ccc(-c4ccc([N+](=O)[O-])cc4)s3)N(c3ccccc3)O[C@H]2C(=O)N1c1ccc(Cl)cc1. The number of nitro benzene ring substituents is 1. The van der Waals surface area contributed by atoms with Gasteiger partial charge in [0.05, 0.1) is 16.3 Å². The Labute approximate surface area is 220 Å². The summed E-state index contributed by atoms with van der Waals surface area (Å²) in [5.74, 6) is -1.52. The van der Waals surface area contributed by atoms with Crippen LogP contribution in [-0.4, -0.2) is 22.8 Å². The molecule has 0 unspecified atom stereocenters. The average molecular weight is 532 g/mol. The third-order valence-corrected chi connectivity index (χ3v) is 7.95. The molecule has 2 aliphatic heterocycles. The van der Waals surface area contributed by atoms with Gasteiger partial charge in [0.25, 0.3) is 11.6 Å². The Bertz CT molecular complexity index is 1510. The number of nitrogens with zero attached hydrogens (tertiary/aromatic N) is 3. The van der Waals surface area contributed by atoms with E-state index in [9.17, 15) is 19.7 Å². The largest absolute Gasteiger partial charge is 0.273 e. The molecule has 2 aliphatic rings. The topological polar surface area (TPSA) is 93.0 Å². The molecule has 8 nitrogen and oxygen atoms in total. The first-order chi connectivity index (χ1) is 17.9. The van der Waals surface area contributed by atoms with Crippen molar-refractivity contribution in [3.05, 3.63) is 111 Å². The lowest BCUT2D eigenvalue weighted by Crippen LogP contribution is -2.37. The number of anilines is 2. The number of para-hydroxylation sites is 1. The molecule has 37 heavy (non-hydrogen) atoms. The van der Waals surface area contributed by atoms with Crippen LogP contribution in [0.2, 0.25) is 5.02 Å². The molecule has 3 aromatic carbocycles. The Balaban J connectivity index is 1.39. The highest BCUT2D eigenvalue weighted by atomic mass is 35.5. The monoisotopic (exact) mass is 531 g/mol. The van der Waals surface area contributed by atoms with Crippen molar-refractivity contribution in [2.45, 2.75) is 12.1 Å². The van der Waals surface area contributed by atoms with E-state index in [1.165, 1.54) is 28.4 Å². The third-order valence-electron chi connectivity index (χ3n) is 6.49. The molecular formula is C27H18ClN3O5S. The van der Waals surface area contributed by atoms with E-state index in [0.29, 0.717) is 10.7 Å². The van der Waals surface area contributed by atoms with Gasteiger partial charge in [-0.15, -0.1) is 11.3 Å². The molecule has 4 aromatic rings. The van der Waals surface area contributed by atoms with Crippen molar-refractivity contribution in [1.29, 1.82) is 0 Å². The van der Waals surface area contributed by atoms with Gasteiger partial charge in [0.1, 0.15) is 12.0 Å². The fourth-order valence-corrected chi connectivity index (χ4v) is 6.03. The molecule has 1 aromatic heterocycles. The van der Waals surface area contributed by atoms with Gasteiger partial charge in [0, 0.05) is 26.9 Å². The van der Waals surface area contributed by atoms with Crippen LogP contribution in [0, 0.1) is 16.0 Å². The fraction of sp³-hybridized carbons (Fsp3) is 0.111. The highest BCUT2D eigenvalue weighted by Crippen LogP contribution is 2.49. The lowest BCUT2D eigenvalue weighted by Gasteiger charge is -2.27. The fourth-order valence-electron chi connectivity index (χ4n) is 4.76. The standard InChI is InChI=1S/C27H18ClN3O5S/c28-17-8-12-18(13-9-17)29-26(32)23-24(30(36-25(23)27(29)33)19-4-2-1-3-5-19)22-15-14-21(37-22)16-6-10-20(11-7-16)31(34)35/h1-15,23-25H/t23-,24+,25+/m0/s1. The molecule has 3 atom stereocenters. The Kier molecular flexibility index (Phi) is 5.75. The highest BCUT2D eigenvalue weighted by Gasteiger charge is 2.60. The lowest BCUT2D eigenvalue weighted by molar-refractivity contribution is -0.384. The summed E-state index contributed by atoms with van der Waals surface area (Å²) in [6.07, 6.45) is -0.974. The Hall–Kier alpha value is -4.05. The first kappa shape index (κ1) is 23.4. The number of hydrogen-bond donors (Lipinski definition) is 0. The molecule has 3 heterocycles. The Morgan fingerprint density at radius 1 is 0.838 bits per heavy atom. The second-order valence-corrected chi connectivity index (χ2v) is 10.2. The van der Waals surface area contributed by atoms with Gasteiger partial charge in [-0.2, -0.15) is 0 Å². The first-order valence-corrected chi connectivity index (χ1v) is 12.6. The average Bonchev–Trinajstić information content (AvgIpc) is 3.61. The number of rotatable bonds is 5. The van der Waals surface area contributed by atoms with Crippen molar-refractivity contribution < 1.29 is 19.3 Å². The number of imide groups is 1. The summed E-state index contributed by atoms with van der Waals surface area (Å²) in [6, 6.07) is 25.5. The minimum Gasteiger partial charge on any atom is -0.273 e. The zero-order chi connectivity index (χ0) is 25.7. The van der Waals surface area contributed by atoms with E-state index in [0.717, 1.165) is 21.0 Å². The summed E-state index contributed by atoms with van der Waals surface area (Å²) in [4.78, 5) is 46.8. The highest BCUT2D eigenvalue weighted by molar-refractivity contribution is 7.15. The van der Waals surface area contributed by atoms with Crippen LogP contribution in [0.15, 0.2) is 91.0 Å². The molecule has 0 bridgehead atoms. The second-order valence-electron chi connectivity index (χ2n) is 8.65. The van der Waals surface area contributed by atoms with E-state index in [2.05, 4.69) is 0 Å². The molecule has 2 amide bonds. The van der Waals surface area contributed by atoms with Crippen molar-refractivity contribution in [3.8, 4) is 10.4 Å². The van der Waals surface area contributed by atoms with Crippen LogP contribution in [0.5, 0.6) is 0 Å². The number of halogens is 1. The van der Waals surface area contributed by atoms with Crippen LogP contribution in [0.25, 0.3) is 10.4 Å². The predicted molar refractivity (Wildman–Crippen MR) is 140 cm³/mol. The molecular weight excluding hydrogens is 514 g/mol. The predicted octanol–water partition coefficient (Wildman–Crippen LogP) is 6.03. The van der Waals surface area contributed by atoms with Crippen LogP contribution >= 0.6 is 22.9 Å². The number of fused-ring (bicyclic) bond motifs is 1. The smallest absolute Gasteiger partial charge is 0.269 e. The number of carbonyl (C=O) groups is 2. The number of thiophene rings is 1. The number of benzene rings is 3. The van der Waals surface area contributed by atoms with Crippen molar-refractivity contribution in [2.24, 2.45) is 5.92 Å². The summed E-state index contributed by atoms with van der Waals surface area (Å²) in [6.45, 7) is 0. The quantitative estimate of drug-likeness (QED) is 0.177. The van der Waals surface area contributed by atoms with E-state index in [-0.39, 0.29) is 11.6 Å². The maximum Gasteiger partial charge on any atom is 0.269 e. The molecule has 10 heteroatoms. The molecule has 6 rings (SSSR count). The summed E-state index contributed by atoms with van der Waals surface area (Å²) in [7, 11) is 0. The number of hydroxylamine groups is 1. The number of non-ortho nitro benzene ring substituents is 1. The molecule has 2 fully saturated rings. The van der Waals surface area contributed by atoms with Gasteiger partial charge < -0.3 is 0 Å². The third kappa shape index (κ3) is 3.97. The second kappa shape index (κ2) is 9.11. The maximum atomic E-state index is 13.7. The van der Waals surface area contributed by atoms with Gasteiger partial charge in [-0.1, -0.05) is 29.8 Å². The van der Waals surface area contributed by atoms with Crippen LogP contribution < -0.4 is 9.96 Å². The molecule has 0 radical (unpaired) electrons. The van der Waals surface area contributed by atoms with Gasteiger partial charge in [-0.3, -0.25) is 24.5 Å². The van der Waals surface area contributed by atoms with E-state index in [1.807, 2.05) is 42.5 Å². The zero-order valence-electron chi connectivity index (χ0n) is 19.1. The van der Waals surface area contributed by atoms with Gasteiger partial charge in [-0.05, 0) is 66.2 Å². The minimum atomic E-state index is -0.974. The van der Waals surface area contributed by atoms with Crippen LogP contribution in [-0.2, 0) is 14.4 Å². The Morgan fingerprint density at radius 2 is 1.54 bits per heavy atom. The van der Waals surface area contributed by atoms with Crippen molar-refractivity contribution in [1.82, 2.24) is 0 Å². The Morgan fingerprint density at radius 3 is 2.22 bits per heavy atom. The number of nitro groups is 1.